The van der Waals surface area contributed by atoms with Crippen LogP contribution in [-0.2, 0) is 31.7 Å². The van der Waals surface area contributed by atoms with Gasteiger partial charge in [-0.3, -0.25) is 19.2 Å². The van der Waals surface area contributed by atoms with Gasteiger partial charge in [0, 0.05) is 12.3 Å². The predicted octanol–water partition coefficient (Wildman–Crippen LogP) is 5.01. The molecule has 4 N–H and O–H groups in total. The van der Waals surface area contributed by atoms with Gasteiger partial charge in [-0.2, -0.15) is 0 Å². The van der Waals surface area contributed by atoms with E-state index in [0.717, 1.165) is 11.1 Å². The van der Waals surface area contributed by atoms with Crippen LogP contribution in [0.1, 0.15) is 23.6 Å². The summed E-state index contributed by atoms with van der Waals surface area (Å²) in [4.78, 5) is 43.5. The maximum absolute atomic E-state index is 13.9. The van der Waals surface area contributed by atoms with Gasteiger partial charge in [0.15, 0.2) is 11.5 Å². The summed E-state index contributed by atoms with van der Waals surface area (Å²) >= 11 is 0. The van der Waals surface area contributed by atoms with Crippen molar-refractivity contribution in [3.05, 3.63) is 127 Å². The summed E-state index contributed by atoms with van der Waals surface area (Å²) in [6, 6.07) is 27.0. The molecule has 6 rings (SSSR count). The average molecular weight is 640 g/mol. The molecule has 46 heavy (non-hydrogen) atoms. The molecular weight excluding hydrogens is 605 g/mol. The summed E-state index contributed by atoms with van der Waals surface area (Å²) in [5.74, 6) is -0.604. The van der Waals surface area contributed by atoms with E-state index in [-0.39, 0.29) is 31.6 Å². The van der Waals surface area contributed by atoms with Gasteiger partial charge in [0.05, 0.1) is 31.3 Å². The van der Waals surface area contributed by atoms with Gasteiger partial charge >= 0.3 is 7.75 Å². The Labute approximate surface area is 266 Å². The van der Waals surface area contributed by atoms with Crippen LogP contribution in [0.3, 0.4) is 0 Å². The second-order valence-corrected chi connectivity index (χ2v) is 12.5. The average Bonchev–Trinajstić information content (AvgIpc) is 3.73. The van der Waals surface area contributed by atoms with Crippen molar-refractivity contribution < 1.29 is 23.6 Å². The lowest BCUT2D eigenvalue weighted by molar-refractivity contribution is -0.123. The van der Waals surface area contributed by atoms with Crippen molar-refractivity contribution in [2.45, 2.75) is 31.5 Å². The number of aromatic nitrogens is 4. The molecule has 0 radical (unpaired) electrons. The van der Waals surface area contributed by atoms with E-state index in [9.17, 15) is 14.3 Å². The topological polar surface area (TPSA) is 158 Å². The number of carbonyl (C=O) groups excluding carboxylic acids is 1. The molecule has 2 heterocycles. The third kappa shape index (κ3) is 7.49. The minimum absolute atomic E-state index is 0.0823. The first kappa shape index (κ1) is 31.1. The largest absolute Gasteiger partial charge is 0.432 e. The molecule has 5 aromatic rings. The van der Waals surface area contributed by atoms with Crippen LogP contribution in [-0.4, -0.2) is 43.0 Å². The Morgan fingerprint density at radius 1 is 0.978 bits per heavy atom. The number of imidazole rings is 1. The number of nitrogens with zero attached hydrogens (tertiary/aromatic N) is 5. The van der Waals surface area contributed by atoms with Crippen molar-refractivity contribution in [2.24, 2.45) is 5.92 Å². The number of hydrogen-bond donors (Lipinski definition) is 3. The Kier molecular flexibility index (Phi) is 9.51. The Morgan fingerprint density at radius 3 is 2.37 bits per heavy atom. The van der Waals surface area contributed by atoms with Crippen molar-refractivity contribution in [3.8, 4) is 0 Å². The molecule has 0 saturated heterocycles. The number of hydroxylamine groups is 1. The fraction of sp³-hybridized carbons (Fsp3) is 0.212. The van der Waals surface area contributed by atoms with Crippen LogP contribution in [0.2, 0.25) is 0 Å². The van der Waals surface area contributed by atoms with E-state index in [2.05, 4.69) is 20.0 Å². The maximum Gasteiger partial charge on any atom is 0.432 e. The number of rotatable bonds is 13. The number of nitrogens with one attached hydrogen (secondary N) is 1. The number of hydrogen-bond acceptors (Lipinski definition) is 9. The lowest BCUT2D eigenvalue weighted by atomic mass is 10.0. The molecule has 3 aromatic carbocycles. The van der Waals surface area contributed by atoms with E-state index in [1.165, 1.54) is 11.4 Å². The van der Waals surface area contributed by atoms with Crippen LogP contribution < -0.4 is 15.9 Å². The minimum atomic E-state index is -4.57. The second-order valence-electron chi connectivity index (χ2n) is 10.9. The van der Waals surface area contributed by atoms with E-state index in [4.69, 9.17) is 15.1 Å². The van der Waals surface area contributed by atoms with Crippen LogP contribution in [0.15, 0.2) is 116 Å². The van der Waals surface area contributed by atoms with E-state index >= 15 is 0 Å². The van der Waals surface area contributed by atoms with Gasteiger partial charge in [0.25, 0.3) is 5.91 Å². The molecule has 0 saturated carbocycles. The van der Waals surface area contributed by atoms with Crippen LogP contribution in [0, 0.1) is 5.92 Å². The quantitative estimate of drug-likeness (QED) is 0.0909. The molecule has 0 aliphatic heterocycles. The number of benzene rings is 3. The molecule has 0 fully saturated rings. The zero-order valence-electron chi connectivity index (χ0n) is 24.9. The van der Waals surface area contributed by atoms with Gasteiger partial charge in [-0.1, -0.05) is 91.0 Å². The van der Waals surface area contributed by atoms with Gasteiger partial charge in [-0.25, -0.2) is 24.6 Å². The van der Waals surface area contributed by atoms with Crippen LogP contribution >= 0.6 is 7.75 Å². The Bertz CT molecular complexity index is 1840. The molecule has 3 unspecified atom stereocenters. The van der Waals surface area contributed by atoms with Crippen LogP contribution in [0.4, 0.5) is 11.5 Å². The number of anilines is 2. The van der Waals surface area contributed by atoms with E-state index < -0.39 is 19.7 Å². The summed E-state index contributed by atoms with van der Waals surface area (Å²) in [5, 5.41) is 3.77. The molecule has 13 heteroatoms. The first-order valence-electron chi connectivity index (χ1n) is 14.8. The minimum Gasteiger partial charge on any atom is -0.382 e. The zero-order chi connectivity index (χ0) is 31.9. The molecule has 0 bridgehead atoms. The first-order chi connectivity index (χ1) is 22.4. The van der Waals surface area contributed by atoms with Crippen molar-refractivity contribution >= 4 is 36.3 Å². The van der Waals surface area contributed by atoms with E-state index in [1.54, 1.807) is 6.33 Å². The number of amides is 1. The highest BCUT2D eigenvalue weighted by atomic mass is 31.2. The first-order valence-corrected chi connectivity index (χ1v) is 16.4. The summed E-state index contributed by atoms with van der Waals surface area (Å²) in [6.45, 7) is 0.0999. The molecule has 236 valence electrons. The predicted molar refractivity (Wildman–Crippen MR) is 174 cm³/mol. The fourth-order valence-corrected chi connectivity index (χ4v) is 6.28. The third-order valence-electron chi connectivity index (χ3n) is 7.69. The number of para-hydroxylation sites is 1. The Balaban J connectivity index is 1.15. The lowest BCUT2D eigenvalue weighted by Crippen LogP contribution is -2.47. The smallest absolute Gasteiger partial charge is 0.382 e. The summed E-state index contributed by atoms with van der Waals surface area (Å²) in [7, 11) is -4.57. The highest BCUT2D eigenvalue weighted by Gasteiger charge is 2.34. The number of nitrogen functional groups attached to an aromatic ring is 1. The monoisotopic (exact) mass is 639 g/mol. The van der Waals surface area contributed by atoms with Gasteiger partial charge in [0.1, 0.15) is 17.9 Å². The standard InChI is InChI=1S/C33H34N7O5P/c34-31-30-32(36-22-35-31)39(23-37-30)28-17-16-26(18-28)21-45-46(42,43)38-33(41)29(19-24-10-4-1-5-11-24)40(27-14-8-3-9-15-27)44-20-25-12-6-2-7-13-25/h1-17,22-23,26,28-29H,18-21H2,(H2,34,35,36)(H2,38,41,42,43)/t26?,28?,29-/m0/s1. The summed E-state index contributed by atoms with van der Waals surface area (Å²) < 4.78 is 20.6. The molecule has 2 aromatic heterocycles. The molecule has 0 spiro atoms. The number of nitrogens with two attached hydrogens (primary N) is 1. The molecule has 4 atom stereocenters. The van der Waals surface area contributed by atoms with E-state index in [0.29, 0.717) is 29.1 Å². The van der Waals surface area contributed by atoms with Gasteiger partial charge in [-0.05, 0) is 29.7 Å². The lowest BCUT2D eigenvalue weighted by Gasteiger charge is -2.32. The molecular formula is C33H34N7O5P. The van der Waals surface area contributed by atoms with Gasteiger partial charge in [-0.15, -0.1) is 0 Å². The normalized spacial score (nSPS) is 17.8. The van der Waals surface area contributed by atoms with E-state index in [1.807, 2.05) is 108 Å². The molecule has 12 nitrogen and oxygen atoms in total. The third-order valence-corrected chi connectivity index (χ3v) is 8.69. The van der Waals surface area contributed by atoms with Crippen molar-refractivity contribution in [1.82, 2.24) is 24.6 Å². The summed E-state index contributed by atoms with van der Waals surface area (Å²) in [6.07, 6.45) is 7.69. The summed E-state index contributed by atoms with van der Waals surface area (Å²) in [5.41, 5.74) is 9.41. The second kappa shape index (κ2) is 14.1. The Hall–Kier alpha value is -4.87. The highest BCUT2D eigenvalue weighted by molar-refractivity contribution is 7.51. The molecule has 1 aliphatic carbocycles. The fourth-order valence-electron chi connectivity index (χ4n) is 5.40. The highest BCUT2D eigenvalue weighted by Crippen LogP contribution is 2.40. The Morgan fingerprint density at radius 2 is 1.65 bits per heavy atom. The SMILES string of the molecule is Nc1ncnc2c1ncn2C1C=CC(COP(=O)(O)NC(=O)[C@H](Cc2ccccc2)N(OCc2ccccc2)c2ccccc2)C1. The van der Waals surface area contributed by atoms with Crippen molar-refractivity contribution in [3.63, 3.8) is 0 Å². The maximum atomic E-state index is 13.9. The van der Waals surface area contributed by atoms with Crippen molar-refractivity contribution in [2.75, 3.05) is 17.4 Å². The molecule has 1 amide bonds. The molecule has 1 aliphatic rings. The van der Waals surface area contributed by atoms with Gasteiger partial charge in [0.2, 0.25) is 0 Å². The van der Waals surface area contributed by atoms with Crippen molar-refractivity contribution in [1.29, 1.82) is 0 Å². The van der Waals surface area contributed by atoms with Crippen LogP contribution in [0.25, 0.3) is 11.2 Å². The number of allylic oxidation sites excluding steroid dienone is 1. The van der Waals surface area contributed by atoms with Gasteiger partial charge < -0.3 is 15.2 Å². The number of carbonyl (C=O) groups is 1. The number of fused-ring (bicyclic) bond motifs is 1. The zero-order valence-corrected chi connectivity index (χ0v) is 25.8. The van der Waals surface area contributed by atoms with Crippen LogP contribution in [0.5, 0.6) is 0 Å².